The Hall–Kier alpha value is -1.26. The van der Waals surface area contributed by atoms with Crippen LogP contribution < -0.4 is 0 Å². The largest absolute Gasteiger partial charge is 0.375 e. The maximum absolute atomic E-state index is 5.77. The lowest BCUT2D eigenvalue weighted by Crippen LogP contribution is -2.48. The van der Waals surface area contributed by atoms with E-state index in [4.69, 9.17) is 9.47 Å². The van der Waals surface area contributed by atoms with Crippen LogP contribution >= 0.6 is 0 Å². The smallest absolute Gasteiger partial charge is 0.151 e. The molecule has 2 heterocycles. The highest BCUT2D eigenvalue weighted by atomic mass is 16.6. The molecule has 1 aliphatic heterocycles. The highest BCUT2D eigenvalue weighted by Crippen LogP contribution is 2.22. The van der Waals surface area contributed by atoms with Gasteiger partial charge >= 0.3 is 0 Å². The molecule has 1 fully saturated rings. The fourth-order valence-electron chi connectivity index (χ4n) is 1.47. The minimum Gasteiger partial charge on any atom is -0.375 e. The Morgan fingerprint density at radius 1 is 1.62 bits per heavy atom. The first-order chi connectivity index (χ1) is 7.63. The lowest BCUT2D eigenvalue weighted by Gasteiger charge is -2.37. The Kier molecular flexibility index (Phi) is 3.03. The van der Waals surface area contributed by atoms with Gasteiger partial charge in [0, 0.05) is 17.5 Å². The van der Waals surface area contributed by atoms with E-state index in [1.165, 1.54) is 0 Å². The summed E-state index contributed by atoms with van der Waals surface area (Å²) in [6.07, 6.45) is 3.43. The molecule has 16 heavy (non-hydrogen) atoms. The number of nitrogens with zero attached hydrogens (tertiary/aromatic N) is 2. The molecule has 1 saturated heterocycles. The van der Waals surface area contributed by atoms with E-state index in [1.54, 1.807) is 12.3 Å². The van der Waals surface area contributed by atoms with Crippen molar-refractivity contribution in [3.05, 3.63) is 29.9 Å². The molecule has 4 nitrogen and oxygen atoms in total. The zero-order valence-corrected chi connectivity index (χ0v) is 9.69. The van der Waals surface area contributed by atoms with Crippen molar-refractivity contribution in [1.82, 2.24) is 9.97 Å². The van der Waals surface area contributed by atoms with Gasteiger partial charge in [0.2, 0.25) is 0 Å². The first-order valence-electron chi connectivity index (χ1n) is 5.30. The highest BCUT2D eigenvalue weighted by Gasteiger charge is 2.34. The number of rotatable bonds is 4. The van der Waals surface area contributed by atoms with Crippen molar-refractivity contribution in [3.63, 3.8) is 0 Å². The molecule has 0 unspecified atom stereocenters. The minimum atomic E-state index is -0.135. The van der Waals surface area contributed by atoms with Crippen LogP contribution in [0.25, 0.3) is 6.08 Å². The van der Waals surface area contributed by atoms with E-state index < -0.39 is 0 Å². The van der Waals surface area contributed by atoms with Gasteiger partial charge in [-0.05, 0) is 19.9 Å². The van der Waals surface area contributed by atoms with Gasteiger partial charge in [0.05, 0.1) is 19.8 Å². The molecule has 0 bridgehead atoms. The van der Waals surface area contributed by atoms with Gasteiger partial charge in [-0.3, -0.25) is 0 Å². The normalized spacial score (nSPS) is 17.9. The summed E-state index contributed by atoms with van der Waals surface area (Å²) in [6.45, 7) is 9.49. The molecule has 0 spiro atoms. The van der Waals surface area contributed by atoms with Crippen LogP contribution in [0.3, 0.4) is 0 Å². The average molecular weight is 220 g/mol. The molecule has 0 amide bonds. The molecule has 1 aliphatic rings. The third-order valence-electron chi connectivity index (χ3n) is 2.67. The molecule has 0 atom stereocenters. The summed E-state index contributed by atoms with van der Waals surface area (Å²) in [5, 5.41) is 0. The van der Waals surface area contributed by atoms with E-state index in [0.29, 0.717) is 25.6 Å². The van der Waals surface area contributed by atoms with E-state index in [0.717, 1.165) is 11.3 Å². The Bertz CT molecular complexity index is 400. The van der Waals surface area contributed by atoms with Crippen LogP contribution in [-0.4, -0.2) is 28.8 Å². The molecule has 1 aromatic heterocycles. The topological polar surface area (TPSA) is 44.2 Å². The first-order valence-corrected chi connectivity index (χ1v) is 5.30. The van der Waals surface area contributed by atoms with Crippen molar-refractivity contribution < 1.29 is 9.47 Å². The van der Waals surface area contributed by atoms with E-state index in [9.17, 15) is 0 Å². The number of aromatic nitrogens is 2. The molecule has 1 aromatic rings. The SMILES string of the molecule is C=Cc1ncc(COC2(C)COC2)c(C)n1. The minimum absolute atomic E-state index is 0.135. The Labute approximate surface area is 95.3 Å². The summed E-state index contributed by atoms with van der Waals surface area (Å²) in [5.74, 6) is 0.652. The maximum atomic E-state index is 5.77. The van der Waals surface area contributed by atoms with Crippen LogP contribution in [0, 0.1) is 6.92 Å². The summed E-state index contributed by atoms with van der Waals surface area (Å²) < 4.78 is 10.9. The fourth-order valence-corrected chi connectivity index (χ4v) is 1.47. The molecule has 4 heteroatoms. The van der Waals surface area contributed by atoms with Gasteiger partial charge in [0.15, 0.2) is 5.82 Å². The van der Waals surface area contributed by atoms with Gasteiger partial charge in [-0.2, -0.15) is 0 Å². The van der Waals surface area contributed by atoms with Crippen LogP contribution in [-0.2, 0) is 16.1 Å². The molecule has 0 aliphatic carbocycles. The van der Waals surface area contributed by atoms with Crippen molar-refractivity contribution in [2.45, 2.75) is 26.1 Å². The predicted octanol–water partition coefficient (Wildman–Crippen LogP) is 1.73. The molecule has 2 rings (SSSR count). The van der Waals surface area contributed by atoms with E-state index >= 15 is 0 Å². The maximum Gasteiger partial charge on any atom is 0.151 e. The Morgan fingerprint density at radius 3 is 2.88 bits per heavy atom. The van der Waals surface area contributed by atoms with Crippen molar-refractivity contribution >= 4 is 6.08 Å². The summed E-state index contributed by atoms with van der Waals surface area (Å²) in [7, 11) is 0. The van der Waals surface area contributed by atoms with Crippen LogP contribution in [0.4, 0.5) is 0 Å². The van der Waals surface area contributed by atoms with Gasteiger partial charge in [0.25, 0.3) is 0 Å². The van der Waals surface area contributed by atoms with Crippen molar-refractivity contribution in [2.24, 2.45) is 0 Å². The second-order valence-electron chi connectivity index (χ2n) is 4.27. The first kappa shape index (κ1) is 11.2. The quantitative estimate of drug-likeness (QED) is 0.775. The number of hydrogen-bond acceptors (Lipinski definition) is 4. The summed E-state index contributed by atoms with van der Waals surface area (Å²) in [6, 6.07) is 0. The summed E-state index contributed by atoms with van der Waals surface area (Å²) in [4.78, 5) is 8.46. The lowest BCUT2D eigenvalue weighted by molar-refractivity contribution is -0.204. The lowest BCUT2D eigenvalue weighted by atomic mass is 10.1. The van der Waals surface area contributed by atoms with Gasteiger partial charge in [-0.15, -0.1) is 0 Å². The molecule has 86 valence electrons. The van der Waals surface area contributed by atoms with Crippen LogP contribution in [0.5, 0.6) is 0 Å². The molecule has 0 N–H and O–H groups in total. The van der Waals surface area contributed by atoms with Crippen molar-refractivity contribution in [1.29, 1.82) is 0 Å². The number of ether oxygens (including phenoxy) is 2. The fraction of sp³-hybridized carbons (Fsp3) is 0.500. The molecular formula is C12H16N2O2. The monoisotopic (exact) mass is 220 g/mol. The molecule has 0 saturated carbocycles. The highest BCUT2D eigenvalue weighted by molar-refractivity contribution is 5.36. The molecular weight excluding hydrogens is 204 g/mol. The third-order valence-corrected chi connectivity index (χ3v) is 2.67. The standard InChI is InChI=1S/C12H16N2O2/c1-4-11-13-5-10(9(2)14-11)6-16-12(3)7-15-8-12/h4-5H,1,6-8H2,2-3H3. The van der Waals surface area contributed by atoms with Crippen molar-refractivity contribution in [3.8, 4) is 0 Å². The van der Waals surface area contributed by atoms with Crippen molar-refractivity contribution in [2.75, 3.05) is 13.2 Å². The van der Waals surface area contributed by atoms with E-state index in [2.05, 4.69) is 16.5 Å². The number of hydrogen-bond donors (Lipinski definition) is 0. The molecule has 0 radical (unpaired) electrons. The Morgan fingerprint density at radius 2 is 2.38 bits per heavy atom. The second-order valence-corrected chi connectivity index (χ2v) is 4.27. The van der Waals surface area contributed by atoms with E-state index in [1.807, 2.05) is 13.8 Å². The zero-order valence-electron chi connectivity index (χ0n) is 9.69. The molecule has 0 aromatic carbocycles. The van der Waals surface area contributed by atoms with Gasteiger partial charge in [-0.25, -0.2) is 9.97 Å². The van der Waals surface area contributed by atoms with E-state index in [-0.39, 0.29) is 5.60 Å². The van der Waals surface area contributed by atoms with Gasteiger partial charge < -0.3 is 9.47 Å². The predicted molar refractivity (Wildman–Crippen MR) is 60.9 cm³/mol. The number of aryl methyl sites for hydroxylation is 1. The summed E-state index contributed by atoms with van der Waals surface area (Å²) >= 11 is 0. The van der Waals surface area contributed by atoms with Gasteiger partial charge in [0.1, 0.15) is 5.60 Å². The summed E-state index contributed by atoms with van der Waals surface area (Å²) in [5.41, 5.74) is 1.82. The van der Waals surface area contributed by atoms with Crippen LogP contribution in [0.2, 0.25) is 0 Å². The average Bonchev–Trinajstić information content (AvgIpc) is 2.25. The Balaban J connectivity index is 2.01. The van der Waals surface area contributed by atoms with Crippen LogP contribution in [0.1, 0.15) is 24.0 Å². The third kappa shape index (κ3) is 2.28. The second kappa shape index (κ2) is 4.31. The zero-order chi connectivity index (χ0) is 11.6. The van der Waals surface area contributed by atoms with Gasteiger partial charge in [-0.1, -0.05) is 6.58 Å². The van der Waals surface area contributed by atoms with Crippen LogP contribution in [0.15, 0.2) is 12.8 Å².